The lowest BCUT2D eigenvalue weighted by atomic mass is 9.90. The fourth-order valence-electron chi connectivity index (χ4n) is 3.29. The van der Waals surface area contributed by atoms with Crippen LogP contribution >= 0.6 is 0 Å². The van der Waals surface area contributed by atoms with Gasteiger partial charge in [0.15, 0.2) is 0 Å². The third-order valence-corrected chi connectivity index (χ3v) is 4.25. The zero-order valence-electron chi connectivity index (χ0n) is 10.5. The minimum absolute atomic E-state index is 0.0503. The Labute approximate surface area is 108 Å². The van der Waals surface area contributed by atoms with Crippen molar-refractivity contribution in [3.8, 4) is 0 Å². The lowest BCUT2D eigenvalue weighted by Gasteiger charge is -2.17. The Balaban J connectivity index is 1.45. The highest BCUT2D eigenvalue weighted by Crippen LogP contribution is 2.44. The average Bonchev–Trinajstić information content (AvgIpc) is 3.02. The van der Waals surface area contributed by atoms with Crippen molar-refractivity contribution in [2.45, 2.75) is 19.3 Å². The van der Waals surface area contributed by atoms with Crippen LogP contribution in [-0.2, 0) is 0 Å². The summed E-state index contributed by atoms with van der Waals surface area (Å²) in [5, 5.41) is 3.02. The molecular formula is C16H19NO. The summed E-state index contributed by atoms with van der Waals surface area (Å²) >= 11 is 0. The molecule has 2 aliphatic rings. The molecule has 1 saturated carbocycles. The van der Waals surface area contributed by atoms with Gasteiger partial charge in [-0.1, -0.05) is 30.4 Å². The number of rotatable bonds is 4. The molecule has 1 N–H and O–H groups in total. The van der Waals surface area contributed by atoms with E-state index < -0.39 is 0 Å². The highest BCUT2D eigenvalue weighted by molar-refractivity contribution is 5.94. The van der Waals surface area contributed by atoms with Gasteiger partial charge < -0.3 is 5.32 Å². The second-order valence-corrected chi connectivity index (χ2v) is 5.45. The van der Waals surface area contributed by atoms with Crippen LogP contribution in [0.4, 0.5) is 0 Å². The van der Waals surface area contributed by atoms with Crippen molar-refractivity contribution in [3.05, 3.63) is 48.0 Å². The van der Waals surface area contributed by atoms with Gasteiger partial charge in [0.25, 0.3) is 5.91 Å². The molecule has 3 unspecified atom stereocenters. The van der Waals surface area contributed by atoms with Crippen LogP contribution in [-0.4, -0.2) is 12.5 Å². The van der Waals surface area contributed by atoms with Crippen molar-refractivity contribution in [3.63, 3.8) is 0 Å². The molecule has 18 heavy (non-hydrogen) atoms. The van der Waals surface area contributed by atoms with E-state index in [4.69, 9.17) is 0 Å². The Bertz CT molecular complexity index is 451. The summed E-state index contributed by atoms with van der Waals surface area (Å²) in [4.78, 5) is 11.9. The van der Waals surface area contributed by atoms with Crippen LogP contribution < -0.4 is 5.32 Å². The molecule has 1 aromatic rings. The normalized spacial score (nSPS) is 28.6. The second kappa shape index (κ2) is 4.97. The summed E-state index contributed by atoms with van der Waals surface area (Å²) in [6, 6.07) is 9.44. The minimum Gasteiger partial charge on any atom is -0.352 e. The molecule has 0 heterocycles. The second-order valence-electron chi connectivity index (χ2n) is 5.45. The van der Waals surface area contributed by atoms with Gasteiger partial charge in [-0.3, -0.25) is 4.79 Å². The Morgan fingerprint density at radius 2 is 2.00 bits per heavy atom. The summed E-state index contributed by atoms with van der Waals surface area (Å²) in [5.74, 6) is 2.44. The van der Waals surface area contributed by atoms with Crippen LogP contribution in [0, 0.1) is 17.8 Å². The lowest BCUT2D eigenvalue weighted by Crippen LogP contribution is -2.26. The first-order valence-electron chi connectivity index (χ1n) is 6.84. The topological polar surface area (TPSA) is 29.1 Å². The molecule has 94 valence electrons. The molecule has 0 aliphatic heterocycles. The summed E-state index contributed by atoms with van der Waals surface area (Å²) in [5.41, 5.74) is 0.755. The smallest absolute Gasteiger partial charge is 0.251 e. The van der Waals surface area contributed by atoms with Gasteiger partial charge in [0.1, 0.15) is 0 Å². The Kier molecular flexibility index (Phi) is 3.18. The SMILES string of the molecule is O=C(NCCC1CC2C=CC1C2)c1ccccc1. The maximum absolute atomic E-state index is 11.9. The quantitative estimate of drug-likeness (QED) is 0.807. The van der Waals surface area contributed by atoms with E-state index in [-0.39, 0.29) is 5.91 Å². The molecule has 1 fully saturated rings. The largest absolute Gasteiger partial charge is 0.352 e. The number of fused-ring (bicyclic) bond motifs is 2. The minimum atomic E-state index is 0.0503. The highest BCUT2D eigenvalue weighted by Gasteiger charge is 2.34. The Morgan fingerprint density at radius 3 is 2.67 bits per heavy atom. The number of amides is 1. The number of nitrogens with one attached hydrogen (secondary N) is 1. The molecule has 1 aromatic carbocycles. The van der Waals surface area contributed by atoms with E-state index in [0.717, 1.165) is 36.3 Å². The molecule has 0 aromatic heterocycles. The molecule has 2 aliphatic carbocycles. The van der Waals surface area contributed by atoms with Gasteiger partial charge in [0, 0.05) is 12.1 Å². The predicted molar refractivity (Wildman–Crippen MR) is 72.2 cm³/mol. The maximum atomic E-state index is 11.9. The molecule has 1 amide bonds. The number of benzene rings is 1. The molecule has 3 rings (SSSR count). The van der Waals surface area contributed by atoms with Crippen LogP contribution in [0.15, 0.2) is 42.5 Å². The van der Waals surface area contributed by atoms with E-state index in [1.807, 2.05) is 30.3 Å². The van der Waals surface area contributed by atoms with E-state index in [1.165, 1.54) is 12.8 Å². The molecule has 0 saturated heterocycles. The van der Waals surface area contributed by atoms with Crippen molar-refractivity contribution in [2.75, 3.05) is 6.54 Å². The van der Waals surface area contributed by atoms with E-state index in [0.29, 0.717) is 0 Å². The zero-order chi connectivity index (χ0) is 12.4. The van der Waals surface area contributed by atoms with Crippen molar-refractivity contribution in [1.29, 1.82) is 0 Å². The van der Waals surface area contributed by atoms with Gasteiger partial charge in [-0.05, 0) is 49.1 Å². The standard InChI is InChI=1S/C16H19NO/c18-16(13-4-2-1-3-5-13)17-9-8-15-11-12-6-7-14(15)10-12/h1-7,12,14-15H,8-11H2,(H,17,18). The van der Waals surface area contributed by atoms with Crippen LogP contribution in [0.3, 0.4) is 0 Å². The van der Waals surface area contributed by atoms with Gasteiger partial charge in [0.2, 0.25) is 0 Å². The number of carbonyl (C=O) groups is 1. The number of carbonyl (C=O) groups excluding carboxylic acids is 1. The molecule has 2 heteroatoms. The van der Waals surface area contributed by atoms with Crippen molar-refractivity contribution < 1.29 is 4.79 Å². The molecule has 0 spiro atoms. The first-order valence-corrected chi connectivity index (χ1v) is 6.84. The van der Waals surface area contributed by atoms with Gasteiger partial charge in [-0.2, -0.15) is 0 Å². The first-order chi connectivity index (χ1) is 8.83. The van der Waals surface area contributed by atoms with Gasteiger partial charge in [-0.15, -0.1) is 0 Å². The monoisotopic (exact) mass is 241 g/mol. The number of hydrogen-bond donors (Lipinski definition) is 1. The van der Waals surface area contributed by atoms with Crippen LogP contribution in [0.1, 0.15) is 29.6 Å². The van der Waals surface area contributed by atoms with E-state index in [2.05, 4.69) is 17.5 Å². The molecule has 2 nitrogen and oxygen atoms in total. The Hall–Kier alpha value is -1.57. The van der Waals surface area contributed by atoms with Gasteiger partial charge >= 0.3 is 0 Å². The number of allylic oxidation sites excluding steroid dienone is 2. The zero-order valence-corrected chi connectivity index (χ0v) is 10.5. The van der Waals surface area contributed by atoms with Crippen LogP contribution in [0.2, 0.25) is 0 Å². The fourth-order valence-corrected chi connectivity index (χ4v) is 3.29. The summed E-state index contributed by atoms with van der Waals surface area (Å²) < 4.78 is 0. The van der Waals surface area contributed by atoms with E-state index in [9.17, 15) is 4.79 Å². The maximum Gasteiger partial charge on any atom is 0.251 e. The van der Waals surface area contributed by atoms with Crippen molar-refractivity contribution in [1.82, 2.24) is 5.32 Å². The first kappa shape index (κ1) is 11.5. The summed E-state index contributed by atoms with van der Waals surface area (Å²) in [6.07, 6.45) is 8.52. The van der Waals surface area contributed by atoms with Gasteiger partial charge in [-0.25, -0.2) is 0 Å². The van der Waals surface area contributed by atoms with E-state index >= 15 is 0 Å². The summed E-state index contributed by atoms with van der Waals surface area (Å²) in [7, 11) is 0. The third kappa shape index (κ3) is 2.33. The Morgan fingerprint density at radius 1 is 1.17 bits per heavy atom. The average molecular weight is 241 g/mol. The summed E-state index contributed by atoms with van der Waals surface area (Å²) in [6.45, 7) is 0.801. The lowest BCUT2D eigenvalue weighted by molar-refractivity contribution is 0.0950. The van der Waals surface area contributed by atoms with Crippen molar-refractivity contribution in [2.24, 2.45) is 17.8 Å². The third-order valence-electron chi connectivity index (χ3n) is 4.25. The molecule has 2 bridgehead atoms. The van der Waals surface area contributed by atoms with Crippen LogP contribution in [0.25, 0.3) is 0 Å². The molecular weight excluding hydrogens is 222 g/mol. The highest BCUT2D eigenvalue weighted by atomic mass is 16.1. The van der Waals surface area contributed by atoms with E-state index in [1.54, 1.807) is 0 Å². The fraction of sp³-hybridized carbons (Fsp3) is 0.438. The molecule has 3 atom stereocenters. The van der Waals surface area contributed by atoms with Crippen molar-refractivity contribution >= 4 is 5.91 Å². The van der Waals surface area contributed by atoms with Gasteiger partial charge in [0.05, 0.1) is 0 Å². The molecule has 0 radical (unpaired) electrons. The number of hydrogen-bond acceptors (Lipinski definition) is 1. The predicted octanol–water partition coefficient (Wildman–Crippen LogP) is 3.02. The van der Waals surface area contributed by atoms with Crippen LogP contribution in [0.5, 0.6) is 0 Å².